The third-order valence-corrected chi connectivity index (χ3v) is 5.56. The van der Waals surface area contributed by atoms with Crippen LogP contribution in [0.5, 0.6) is 11.5 Å². The number of nitrogens with zero attached hydrogens (tertiary/aromatic N) is 1. The molecular weight excluding hydrogens is 366 g/mol. The van der Waals surface area contributed by atoms with Gasteiger partial charge in [0, 0.05) is 38.8 Å². The fourth-order valence-electron chi connectivity index (χ4n) is 3.77. The molecule has 1 saturated heterocycles. The Morgan fingerprint density at radius 1 is 1.00 bits per heavy atom. The van der Waals surface area contributed by atoms with Crippen LogP contribution in [0.3, 0.4) is 0 Å². The van der Waals surface area contributed by atoms with Crippen LogP contribution in [0.4, 0.5) is 0 Å². The Morgan fingerprint density at radius 2 is 1.72 bits per heavy atom. The SMILES string of the molecule is CN=C(NCc1ccc(OC)c(OC)c1)NCC1(c2ccccc2)CCOCC1. The summed E-state index contributed by atoms with van der Waals surface area (Å²) in [4.78, 5) is 4.40. The zero-order valence-corrected chi connectivity index (χ0v) is 17.5. The molecule has 2 N–H and O–H groups in total. The van der Waals surface area contributed by atoms with Crippen LogP contribution >= 0.6 is 0 Å². The number of aliphatic imine (C=N–C) groups is 1. The van der Waals surface area contributed by atoms with Crippen molar-refractivity contribution < 1.29 is 14.2 Å². The van der Waals surface area contributed by atoms with E-state index >= 15 is 0 Å². The molecule has 1 heterocycles. The number of benzene rings is 2. The lowest BCUT2D eigenvalue weighted by molar-refractivity contribution is 0.0514. The van der Waals surface area contributed by atoms with Crippen molar-refractivity contribution in [2.75, 3.05) is 41.0 Å². The Balaban J connectivity index is 1.63. The van der Waals surface area contributed by atoms with Crippen molar-refractivity contribution in [3.8, 4) is 11.5 Å². The molecule has 1 aliphatic rings. The Kier molecular flexibility index (Phi) is 7.36. The fourth-order valence-corrected chi connectivity index (χ4v) is 3.77. The summed E-state index contributed by atoms with van der Waals surface area (Å²) in [7, 11) is 5.08. The van der Waals surface area contributed by atoms with Crippen LogP contribution in [-0.4, -0.2) is 47.0 Å². The van der Waals surface area contributed by atoms with Crippen molar-refractivity contribution in [1.82, 2.24) is 10.6 Å². The third kappa shape index (κ3) is 5.21. The highest BCUT2D eigenvalue weighted by atomic mass is 16.5. The van der Waals surface area contributed by atoms with Gasteiger partial charge in [0.15, 0.2) is 17.5 Å². The second kappa shape index (κ2) is 10.2. The van der Waals surface area contributed by atoms with E-state index in [2.05, 4.69) is 46.0 Å². The van der Waals surface area contributed by atoms with Crippen LogP contribution in [0, 0.1) is 0 Å². The molecular formula is C23H31N3O3. The minimum Gasteiger partial charge on any atom is -0.493 e. The van der Waals surface area contributed by atoms with Gasteiger partial charge in [-0.25, -0.2) is 0 Å². The van der Waals surface area contributed by atoms with Gasteiger partial charge in [-0.2, -0.15) is 0 Å². The van der Waals surface area contributed by atoms with Crippen molar-refractivity contribution in [2.45, 2.75) is 24.8 Å². The van der Waals surface area contributed by atoms with E-state index in [-0.39, 0.29) is 5.41 Å². The topological polar surface area (TPSA) is 64.1 Å². The van der Waals surface area contributed by atoms with Gasteiger partial charge in [-0.05, 0) is 36.1 Å². The van der Waals surface area contributed by atoms with Gasteiger partial charge in [-0.15, -0.1) is 0 Å². The minimum atomic E-state index is 0.0560. The van der Waals surface area contributed by atoms with E-state index in [0.717, 1.165) is 55.6 Å². The van der Waals surface area contributed by atoms with Gasteiger partial charge >= 0.3 is 0 Å². The van der Waals surface area contributed by atoms with Gasteiger partial charge in [0.25, 0.3) is 0 Å². The van der Waals surface area contributed by atoms with Crippen LogP contribution in [0.2, 0.25) is 0 Å². The summed E-state index contributed by atoms with van der Waals surface area (Å²) in [5.74, 6) is 2.23. The predicted octanol–water partition coefficient (Wildman–Crippen LogP) is 3.12. The van der Waals surface area contributed by atoms with Crippen LogP contribution in [-0.2, 0) is 16.7 Å². The quantitative estimate of drug-likeness (QED) is 0.555. The highest BCUT2D eigenvalue weighted by molar-refractivity contribution is 5.79. The summed E-state index contributed by atoms with van der Waals surface area (Å²) in [5.41, 5.74) is 2.50. The Hall–Kier alpha value is -2.73. The van der Waals surface area contributed by atoms with Crippen molar-refractivity contribution >= 4 is 5.96 Å². The van der Waals surface area contributed by atoms with Crippen LogP contribution in [0.25, 0.3) is 0 Å². The number of nitrogens with one attached hydrogen (secondary N) is 2. The number of rotatable bonds is 7. The summed E-state index contributed by atoms with van der Waals surface area (Å²) >= 11 is 0. The molecule has 0 unspecified atom stereocenters. The first-order chi connectivity index (χ1) is 14.2. The molecule has 0 aromatic heterocycles. The largest absolute Gasteiger partial charge is 0.493 e. The molecule has 2 aromatic carbocycles. The van der Waals surface area contributed by atoms with Crippen molar-refractivity contribution in [3.63, 3.8) is 0 Å². The second-order valence-electron chi connectivity index (χ2n) is 7.23. The minimum absolute atomic E-state index is 0.0560. The number of hydrogen-bond acceptors (Lipinski definition) is 4. The summed E-state index contributed by atoms with van der Waals surface area (Å²) in [6, 6.07) is 16.6. The van der Waals surface area contributed by atoms with E-state index < -0.39 is 0 Å². The Bertz CT molecular complexity index is 802. The molecule has 1 aliphatic heterocycles. The van der Waals surface area contributed by atoms with Crippen molar-refractivity contribution in [3.05, 3.63) is 59.7 Å². The highest BCUT2D eigenvalue weighted by Gasteiger charge is 2.34. The van der Waals surface area contributed by atoms with Crippen molar-refractivity contribution in [2.24, 2.45) is 4.99 Å². The average Bonchev–Trinajstić information content (AvgIpc) is 2.80. The van der Waals surface area contributed by atoms with Gasteiger partial charge in [0.2, 0.25) is 0 Å². The standard InChI is InChI=1S/C23H31N3O3/c1-24-22(25-16-18-9-10-20(27-2)21(15-18)28-3)26-17-23(11-13-29-14-12-23)19-7-5-4-6-8-19/h4-10,15H,11-14,16-17H2,1-3H3,(H2,24,25,26). The molecule has 0 bridgehead atoms. The van der Waals surface area contributed by atoms with E-state index in [9.17, 15) is 0 Å². The zero-order chi connectivity index (χ0) is 20.5. The molecule has 1 fully saturated rings. The summed E-state index contributed by atoms with van der Waals surface area (Å²) < 4.78 is 16.3. The molecule has 6 nitrogen and oxygen atoms in total. The van der Waals surface area contributed by atoms with Crippen LogP contribution in [0.15, 0.2) is 53.5 Å². The van der Waals surface area contributed by atoms with Crippen LogP contribution in [0.1, 0.15) is 24.0 Å². The second-order valence-corrected chi connectivity index (χ2v) is 7.23. The van der Waals surface area contributed by atoms with E-state index in [1.165, 1.54) is 5.56 Å². The summed E-state index contributed by atoms with van der Waals surface area (Å²) in [6.07, 6.45) is 1.99. The molecule has 3 rings (SSSR count). The lowest BCUT2D eigenvalue weighted by Crippen LogP contribution is -2.47. The lowest BCUT2D eigenvalue weighted by atomic mass is 9.74. The molecule has 0 radical (unpaired) electrons. The molecule has 0 saturated carbocycles. The first-order valence-electron chi connectivity index (χ1n) is 9.99. The van der Waals surface area contributed by atoms with Gasteiger partial charge in [0.05, 0.1) is 14.2 Å². The maximum atomic E-state index is 5.63. The first kappa shape index (κ1) is 21.0. The molecule has 2 aromatic rings. The molecule has 0 amide bonds. The number of methoxy groups -OCH3 is 2. The monoisotopic (exact) mass is 397 g/mol. The van der Waals surface area contributed by atoms with E-state index in [0.29, 0.717) is 6.54 Å². The Morgan fingerprint density at radius 3 is 2.38 bits per heavy atom. The first-order valence-corrected chi connectivity index (χ1v) is 9.99. The van der Waals surface area contributed by atoms with Gasteiger partial charge in [-0.1, -0.05) is 36.4 Å². The van der Waals surface area contributed by atoms with E-state index in [4.69, 9.17) is 14.2 Å². The number of ether oxygens (including phenoxy) is 3. The van der Waals surface area contributed by atoms with E-state index in [1.807, 2.05) is 18.2 Å². The molecule has 156 valence electrons. The molecule has 0 atom stereocenters. The fraction of sp³-hybridized carbons (Fsp3) is 0.435. The number of guanidine groups is 1. The van der Waals surface area contributed by atoms with Gasteiger partial charge in [0.1, 0.15) is 0 Å². The predicted molar refractivity (Wildman–Crippen MR) is 116 cm³/mol. The van der Waals surface area contributed by atoms with Crippen LogP contribution < -0.4 is 20.1 Å². The van der Waals surface area contributed by atoms with Crippen molar-refractivity contribution in [1.29, 1.82) is 0 Å². The molecule has 6 heteroatoms. The average molecular weight is 398 g/mol. The third-order valence-electron chi connectivity index (χ3n) is 5.56. The number of hydrogen-bond donors (Lipinski definition) is 2. The van der Waals surface area contributed by atoms with E-state index in [1.54, 1.807) is 21.3 Å². The zero-order valence-electron chi connectivity index (χ0n) is 17.5. The smallest absolute Gasteiger partial charge is 0.191 e. The molecule has 0 aliphatic carbocycles. The lowest BCUT2D eigenvalue weighted by Gasteiger charge is -2.38. The normalized spacial score (nSPS) is 16.2. The molecule has 0 spiro atoms. The summed E-state index contributed by atoms with van der Waals surface area (Å²) in [6.45, 7) is 3.02. The van der Waals surface area contributed by atoms with Gasteiger partial charge in [-0.3, -0.25) is 4.99 Å². The maximum absolute atomic E-state index is 5.63. The molecule has 29 heavy (non-hydrogen) atoms. The maximum Gasteiger partial charge on any atom is 0.191 e. The summed E-state index contributed by atoms with van der Waals surface area (Å²) in [5, 5.41) is 6.92. The highest BCUT2D eigenvalue weighted by Crippen LogP contribution is 2.34. The van der Waals surface area contributed by atoms with Gasteiger partial charge < -0.3 is 24.8 Å². The Labute approximate surface area is 173 Å².